The van der Waals surface area contributed by atoms with E-state index in [0.29, 0.717) is 29.8 Å². The fourth-order valence-electron chi connectivity index (χ4n) is 2.55. The standard InChI is InChI=1S/C20H24N2O3/c1-4-13-20(3,25)19(24)22-17-12-8-11-16(14(17)2)21-18(23)15-9-6-5-7-10-15/h5-12,25H,4,13H2,1-3H3,(H,21,23)(H,22,24)/t20-/m1/s1. The van der Waals surface area contributed by atoms with Crippen molar-refractivity contribution in [3.8, 4) is 0 Å². The third-order valence-corrected chi connectivity index (χ3v) is 4.09. The number of carbonyl (C=O) groups excluding carboxylic acids is 2. The van der Waals surface area contributed by atoms with Crippen LogP contribution in [0.15, 0.2) is 48.5 Å². The van der Waals surface area contributed by atoms with Gasteiger partial charge < -0.3 is 15.7 Å². The molecule has 25 heavy (non-hydrogen) atoms. The van der Waals surface area contributed by atoms with Crippen LogP contribution in [0.2, 0.25) is 0 Å². The molecule has 0 aliphatic carbocycles. The maximum absolute atomic E-state index is 12.3. The molecule has 5 nitrogen and oxygen atoms in total. The van der Waals surface area contributed by atoms with Crippen LogP contribution in [0.3, 0.4) is 0 Å². The molecule has 0 aromatic heterocycles. The van der Waals surface area contributed by atoms with E-state index in [9.17, 15) is 14.7 Å². The highest BCUT2D eigenvalue weighted by molar-refractivity contribution is 6.05. The van der Waals surface area contributed by atoms with Crippen molar-refractivity contribution in [3.63, 3.8) is 0 Å². The molecule has 2 amide bonds. The van der Waals surface area contributed by atoms with Crippen molar-refractivity contribution in [1.29, 1.82) is 0 Å². The van der Waals surface area contributed by atoms with Gasteiger partial charge in [0.15, 0.2) is 0 Å². The molecule has 0 aliphatic rings. The molecule has 1 atom stereocenters. The van der Waals surface area contributed by atoms with Crippen LogP contribution in [-0.4, -0.2) is 22.5 Å². The van der Waals surface area contributed by atoms with Gasteiger partial charge in [0.1, 0.15) is 5.60 Å². The number of nitrogens with one attached hydrogen (secondary N) is 2. The van der Waals surface area contributed by atoms with Crippen molar-refractivity contribution in [2.45, 2.75) is 39.2 Å². The molecule has 0 fully saturated rings. The summed E-state index contributed by atoms with van der Waals surface area (Å²) in [6.45, 7) is 5.22. The fourth-order valence-corrected chi connectivity index (χ4v) is 2.55. The normalized spacial score (nSPS) is 13.0. The Morgan fingerprint density at radius 3 is 2.20 bits per heavy atom. The van der Waals surface area contributed by atoms with Gasteiger partial charge in [-0.2, -0.15) is 0 Å². The number of carbonyl (C=O) groups is 2. The fraction of sp³-hybridized carbons (Fsp3) is 0.300. The Kier molecular flexibility index (Phi) is 5.93. The molecule has 0 bridgehead atoms. The van der Waals surface area contributed by atoms with Crippen molar-refractivity contribution in [1.82, 2.24) is 0 Å². The summed E-state index contributed by atoms with van der Waals surface area (Å²) in [7, 11) is 0. The van der Waals surface area contributed by atoms with Gasteiger partial charge in [0.2, 0.25) is 0 Å². The number of hydrogen-bond donors (Lipinski definition) is 3. The Bertz CT molecular complexity index is 755. The number of aliphatic hydroxyl groups is 1. The van der Waals surface area contributed by atoms with E-state index in [1.807, 2.05) is 19.9 Å². The second-order valence-corrected chi connectivity index (χ2v) is 6.28. The summed E-state index contributed by atoms with van der Waals surface area (Å²) >= 11 is 0. The highest BCUT2D eigenvalue weighted by Gasteiger charge is 2.29. The molecule has 5 heteroatoms. The van der Waals surface area contributed by atoms with Crippen LogP contribution >= 0.6 is 0 Å². The van der Waals surface area contributed by atoms with Crippen LogP contribution in [0.25, 0.3) is 0 Å². The lowest BCUT2D eigenvalue weighted by Gasteiger charge is -2.22. The summed E-state index contributed by atoms with van der Waals surface area (Å²) < 4.78 is 0. The predicted molar refractivity (Wildman–Crippen MR) is 99.7 cm³/mol. The molecule has 0 spiro atoms. The summed E-state index contributed by atoms with van der Waals surface area (Å²) in [5.41, 5.74) is 1.04. The Labute approximate surface area is 148 Å². The largest absolute Gasteiger partial charge is 0.380 e. The monoisotopic (exact) mass is 340 g/mol. The van der Waals surface area contributed by atoms with E-state index in [-0.39, 0.29) is 5.91 Å². The van der Waals surface area contributed by atoms with Gasteiger partial charge in [-0.1, -0.05) is 37.6 Å². The highest BCUT2D eigenvalue weighted by atomic mass is 16.3. The van der Waals surface area contributed by atoms with Crippen LogP contribution in [-0.2, 0) is 4.79 Å². The number of anilines is 2. The van der Waals surface area contributed by atoms with Crippen molar-refractivity contribution >= 4 is 23.2 Å². The first kappa shape index (κ1) is 18.7. The first-order valence-electron chi connectivity index (χ1n) is 8.35. The molecular formula is C20H24N2O3. The van der Waals surface area contributed by atoms with Crippen LogP contribution in [0.1, 0.15) is 42.6 Å². The maximum atomic E-state index is 12.3. The molecule has 0 saturated heterocycles. The van der Waals surface area contributed by atoms with Crippen LogP contribution < -0.4 is 10.6 Å². The molecule has 2 aromatic rings. The lowest BCUT2D eigenvalue weighted by molar-refractivity contribution is -0.133. The smallest absolute Gasteiger partial charge is 0.256 e. The maximum Gasteiger partial charge on any atom is 0.256 e. The van der Waals surface area contributed by atoms with Gasteiger partial charge in [-0.25, -0.2) is 0 Å². The topological polar surface area (TPSA) is 78.4 Å². The third-order valence-electron chi connectivity index (χ3n) is 4.09. The predicted octanol–water partition coefficient (Wildman–Crippen LogP) is 3.74. The van der Waals surface area contributed by atoms with Gasteiger partial charge in [0, 0.05) is 16.9 Å². The van der Waals surface area contributed by atoms with Gasteiger partial charge in [-0.05, 0) is 50.1 Å². The van der Waals surface area contributed by atoms with E-state index in [4.69, 9.17) is 0 Å². The van der Waals surface area contributed by atoms with Crippen molar-refractivity contribution in [3.05, 3.63) is 59.7 Å². The minimum atomic E-state index is -1.43. The molecule has 0 aliphatic heterocycles. The summed E-state index contributed by atoms with van der Waals surface area (Å²) in [4.78, 5) is 24.6. The molecule has 132 valence electrons. The second kappa shape index (κ2) is 7.94. The van der Waals surface area contributed by atoms with E-state index in [1.54, 1.807) is 42.5 Å². The summed E-state index contributed by atoms with van der Waals surface area (Å²) in [6.07, 6.45) is 1.08. The molecule has 0 saturated carbocycles. The van der Waals surface area contributed by atoms with Crippen molar-refractivity contribution in [2.75, 3.05) is 10.6 Å². The van der Waals surface area contributed by atoms with E-state index in [0.717, 1.165) is 5.56 Å². The summed E-state index contributed by atoms with van der Waals surface area (Å²) in [5, 5.41) is 15.8. The lowest BCUT2D eigenvalue weighted by atomic mass is 9.99. The molecule has 0 unspecified atom stereocenters. The van der Waals surface area contributed by atoms with Gasteiger partial charge in [0.25, 0.3) is 11.8 Å². The van der Waals surface area contributed by atoms with Gasteiger partial charge in [-0.3, -0.25) is 9.59 Å². The second-order valence-electron chi connectivity index (χ2n) is 6.28. The first-order valence-corrected chi connectivity index (χ1v) is 8.35. The van der Waals surface area contributed by atoms with Gasteiger partial charge >= 0.3 is 0 Å². The zero-order valence-electron chi connectivity index (χ0n) is 14.8. The van der Waals surface area contributed by atoms with E-state index in [2.05, 4.69) is 10.6 Å². The SMILES string of the molecule is CCC[C@@](C)(O)C(=O)Nc1cccc(NC(=O)c2ccccc2)c1C. The zero-order chi connectivity index (χ0) is 18.4. The molecule has 3 N–H and O–H groups in total. The van der Waals surface area contributed by atoms with E-state index >= 15 is 0 Å². The van der Waals surface area contributed by atoms with Crippen molar-refractivity contribution in [2.24, 2.45) is 0 Å². The minimum Gasteiger partial charge on any atom is -0.380 e. The molecule has 0 heterocycles. The Hall–Kier alpha value is -2.66. The van der Waals surface area contributed by atoms with E-state index in [1.165, 1.54) is 6.92 Å². The van der Waals surface area contributed by atoms with E-state index < -0.39 is 11.5 Å². The van der Waals surface area contributed by atoms with Crippen LogP contribution in [0.5, 0.6) is 0 Å². The Balaban J connectivity index is 2.17. The number of hydrogen-bond acceptors (Lipinski definition) is 3. The lowest BCUT2D eigenvalue weighted by Crippen LogP contribution is -2.40. The summed E-state index contributed by atoms with van der Waals surface area (Å²) in [6, 6.07) is 14.2. The molecular weight excluding hydrogens is 316 g/mol. The number of rotatable bonds is 6. The number of benzene rings is 2. The van der Waals surface area contributed by atoms with Gasteiger partial charge in [0.05, 0.1) is 0 Å². The average Bonchev–Trinajstić information content (AvgIpc) is 2.59. The molecule has 2 rings (SSSR count). The highest BCUT2D eigenvalue weighted by Crippen LogP contribution is 2.25. The quantitative estimate of drug-likeness (QED) is 0.749. The zero-order valence-corrected chi connectivity index (χ0v) is 14.8. The average molecular weight is 340 g/mol. The van der Waals surface area contributed by atoms with Gasteiger partial charge in [-0.15, -0.1) is 0 Å². The van der Waals surface area contributed by atoms with Crippen molar-refractivity contribution < 1.29 is 14.7 Å². The van der Waals surface area contributed by atoms with Crippen LogP contribution in [0.4, 0.5) is 11.4 Å². The van der Waals surface area contributed by atoms with Crippen LogP contribution in [0, 0.1) is 6.92 Å². The third kappa shape index (κ3) is 4.67. The Morgan fingerprint density at radius 2 is 1.60 bits per heavy atom. The molecule has 2 aromatic carbocycles. The first-order chi connectivity index (χ1) is 11.8. The minimum absolute atomic E-state index is 0.217. The Morgan fingerprint density at radius 1 is 1.00 bits per heavy atom. The number of amides is 2. The summed E-state index contributed by atoms with van der Waals surface area (Å²) in [5.74, 6) is -0.672. The molecule has 0 radical (unpaired) electrons.